The van der Waals surface area contributed by atoms with Crippen molar-refractivity contribution in [2.75, 3.05) is 7.05 Å². The van der Waals surface area contributed by atoms with Gasteiger partial charge in [-0.15, -0.1) is 0 Å². The Labute approximate surface area is 115 Å². The van der Waals surface area contributed by atoms with Crippen LogP contribution in [0.2, 0.25) is 0 Å². The van der Waals surface area contributed by atoms with Gasteiger partial charge in [-0.2, -0.15) is 0 Å². The summed E-state index contributed by atoms with van der Waals surface area (Å²) in [6.45, 7) is 9.99. The minimum Gasteiger partial charge on any atom is -0.398 e. The molecule has 19 heavy (non-hydrogen) atoms. The molecule has 100 valence electrons. The summed E-state index contributed by atoms with van der Waals surface area (Å²) < 4.78 is 0. The van der Waals surface area contributed by atoms with Gasteiger partial charge in [0.2, 0.25) is 0 Å². The average Bonchev–Trinajstić information content (AvgIpc) is 2.54. The van der Waals surface area contributed by atoms with E-state index in [0.29, 0.717) is 11.6 Å². The van der Waals surface area contributed by atoms with Gasteiger partial charge in [0.1, 0.15) is 5.84 Å². The van der Waals surface area contributed by atoms with Crippen LogP contribution in [0, 0.1) is 17.8 Å². The molecule has 0 unspecified atom stereocenters. The van der Waals surface area contributed by atoms with Crippen molar-refractivity contribution in [1.82, 2.24) is 5.32 Å². The summed E-state index contributed by atoms with van der Waals surface area (Å²) in [5, 5.41) is 3.01. The molecule has 0 radical (unpaired) electrons. The Balaban J connectivity index is 3.33. The fourth-order valence-electron chi connectivity index (χ4n) is 1.54. The minimum atomic E-state index is 0.301. The van der Waals surface area contributed by atoms with Crippen LogP contribution in [0.1, 0.15) is 20.8 Å². The summed E-state index contributed by atoms with van der Waals surface area (Å²) in [5.41, 5.74) is 9.16. The SMILES string of the molecule is C=C1C=C(C#CC(C)C)C(C(N)=CC)=CN=C1NC. The van der Waals surface area contributed by atoms with Crippen LogP contribution in [-0.2, 0) is 0 Å². The Bertz CT molecular complexity index is 546. The third kappa shape index (κ3) is 3.89. The Morgan fingerprint density at radius 2 is 2.21 bits per heavy atom. The summed E-state index contributed by atoms with van der Waals surface area (Å²) in [7, 11) is 1.81. The molecule has 3 nitrogen and oxygen atoms in total. The lowest BCUT2D eigenvalue weighted by Crippen LogP contribution is -2.18. The highest BCUT2D eigenvalue weighted by molar-refractivity contribution is 6.01. The molecule has 0 aromatic heterocycles. The summed E-state index contributed by atoms with van der Waals surface area (Å²) in [6.07, 6.45) is 5.50. The maximum atomic E-state index is 6.01. The molecule has 0 amide bonds. The lowest BCUT2D eigenvalue weighted by Gasteiger charge is -2.05. The number of rotatable bonds is 1. The van der Waals surface area contributed by atoms with E-state index < -0.39 is 0 Å². The van der Waals surface area contributed by atoms with Crippen LogP contribution in [0.5, 0.6) is 0 Å². The first kappa shape index (κ1) is 14.8. The predicted molar refractivity (Wildman–Crippen MR) is 82.4 cm³/mol. The molecule has 1 aliphatic rings. The van der Waals surface area contributed by atoms with E-state index in [0.717, 1.165) is 22.6 Å². The number of nitrogens with zero attached hydrogens (tertiary/aromatic N) is 1. The quantitative estimate of drug-likeness (QED) is 0.707. The third-order valence-corrected chi connectivity index (χ3v) is 2.59. The van der Waals surface area contributed by atoms with Crippen molar-refractivity contribution >= 4 is 5.84 Å². The molecule has 3 heteroatoms. The Hall–Kier alpha value is -2.21. The zero-order valence-corrected chi connectivity index (χ0v) is 12.0. The highest BCUT2D eigenvalue weighted by Gasteiger charge is 2.12. The number of nitrogens with two attached hydrogens (primary N) is 1. The number of hydrogen-bond acceptors (Lipinski definition) is 3. The molecular formula is C16H21N3. The number of nitrogens with one attached hydrogen (secondary N) is 1. The normalized spacial score (nSPS) is 15.9. The van der Waals surface area contributed by atoms with Gasteiger partial charge in [-0.25, -0.2) is 4.99 Å². The zero-order chi connectivity index (χ0) is 14.4. The number of aliphatic imine (C=N–C) groups is 1. The van der Waals surface area contributed by atoms with E-state index >= 15 is 0 Å². The second-order valence-corrected chi connectivity index (χ2v) is 4.52. The molecule has 0 aliphatic carbocycles. The van der Waals surface area contributed by atoms with Crippen LogP contribution in [-0.4, -0.2) is 12.9 Å². The van der Waals surface area contributed by atoms with E-state index in [4.69, 9.17) is 5.73 Å². The van der Waals surface area contributed by atoms with Crippen molar-refractivity contribution < 1.29 is 0 Å². The summed E-state index contributed by atoms with van der Waals surface area (Å²) >= 11 is 0. The zero-order valence-electron chi connectivity index (χ0n) is 12.0. The van der Waals surface area contributed by atoms with Crippen LogP contribution < -0.4 is 11.1 Å². The van der Waals surface area contributed by atoms with Gasteiger partial charge in [-0.1, -0.05) is 38.3 Å². The number of likely N-dealkylation sites (N-methyl/N-ethyl adjacent to an activating group) is 1. The number of amidine groups is 1. The smallest absolute Gasteiger partial charge is 0.132 e. The minimum absolute atomic E-state index is 0.301. The van der Waals surface area contributed by atoms with Crippen molar-refractivity contribution in [3.63, 3.8) is 0 Å². The topological polar surface area (TPSA) is 50.4 Å². The van der Waals surface area contributed by atoms with Gasteiger partial charge in [0.15, 0.2) is 0 Å². The second kappa shape index (κ2) is 6.65. The molecule has 1 heterocycles. The predicted octanol–water partition coefficient (Wildman–Crippen LogP) is 2.51. The first-order chi connectivity index (χ1) is 8.99. The molecule has 0 saturated heterocycles. The molecule has 0 aromatic carbocycles. The molecule has 0 aromatic rings. The van der Waals surface area contributed by atoms with Crippen LogP contribution in [0.3, 0.4) is 0 Å². The largest absolute Gasteiger partial charge is 0.398 e. The van der Waals surface area contributed by atoms with E-state index in [1.54, 1.807) is 6.20 Å². The molecule has 0 bridgehead atoms. The Morgan fingerprint density at radius 3 is 2.74 bits per heavy atom. The lowest BCUT2D eigenvalue weighted by molar-refractivity contribution is 0.866. The monoisotopic (exact) mass is 255 g/mol. The van der Waals surface area contributed by atoms with Crippen LogP contribution in [0.4, 0.5) is 0 Å². The first-order valence-electron chi connectivity index (χ1n) is 6.30. The fraction of sp³-hybridized carbons (Fsp3) is 0.312. The molecule has 1 aliphatic heterocycles. The highest BCUT2D eigenvalue weighted by Crippen LogP contribution is 2.20. The third-order valence-electron chi connectivity index (χ3n) is 2.59. The summed E-state index contributed by atoms with van der Waals surface area (Å²) in [4.78, 5) is 4.35. The first-order valence-corrected chi connectivity index (χ1v) is 6.30. The van der Waals surface area contributed by atoms with Gasteiger partial charge in [-0.3, -0.25) is 0 Å². The molecule has 0 atom stereocenters. The molecule has 3 N–H and O–H groups in total. The van der Waals surface area contributed by atoms with E-state index in [2.05, 4.69) is 42.6 Å². The maximum absolute atomic E-state index is 6.01. The van der Waals surface area contributed by atoms with Crippen molar-refractivity contribution in [3.05, 3.63) is 47.3 Å². The van der Waals surface area contributed by atoms with Crippen LogP contribution in [0.25, 0.3) is 0 Å². The van der Waals surface area contributed by atoms with E-state index in [-0.39, 0.29) is 0 Å². The highest BCUT2D eigenvalue weighted by atomic mass is 15.0. The van der Waals surface area contributed by atoms with Crippen molar-refractivity contribution in [2.45, 2.75) is 20.8 Å². The van der Waals surface area contributed by atoms with E-state index in [9.17, 15) is 0 Å². The van der Waals surface area contributed by atoms with Gasteiger partial charge >= 0.3 is 0 Å². The van der Waals surface area contributed by atoms with Gasteiger partial charge < -0.3 is 11.1 Å². The molecule has 0 spiro atoms. The van der Waals surface area contributed by atoms with E-state index in [1.807, 2.05) is 26.1 Å². The van der Waals surface area contributed by atoms with Gasteiger partial charge in [-0.05, 0) is 13.0 Å². The Kier molecular flexibility index (Phi) is 5.20. The summed E-state index contributed by atoms with van der Waals surface area (Å²) in [6, 6.07) is 0. The summed E-state index contributed by atoms with van der Waals surface area (Å²) in [5.74, 6) is 7.34. The molecule has 0 fully saturated rings. The van der Waals surface area contributed by atoms with Crippen LogP contribution >= 0.6 is 0 Å². The van der Waals surface area contributed by atoms with Gasteiger partial charge in [0, 0.05) is 41.6 Å². The number of hydrogen-bond donors (Lipinski definition) is 2. The standard InChI is InChI=1S/C16H21N3/c1-6-15(17)14-10-19-16(18-5)12(4)9-13(14)8-7-11(2)3/h6,9-11H,4,17H2,1-3,5H3,(H,18,19). The maximum Gasteiger partial charge on any atom is 0.132 e. The van der Waals surface area contributed by atoms with E-state index in [1.165, 1.54) is 0 Å². The van der Waals surface area contributed by atoms with Crippen molar-refractivity contribution in [3.8, 4) is 11.8 Å². The average molecular weight is 255 g/mol. The van der Waals surface area contributed by atoms with Crippen LogP contribution in [0.15, 0.2) is 52.3 Å². The molecule has 1 rings (SSSR count). The second-order valence-electron chi connectivity index (χ2n) is 4.52. The van der Waals surface area contributed by atoms with Crippen molar-refractivity contribution in [1.29, 1.82) is 0 Å². The fourth-order valence-corrected chi connectivity index (χ4v) is 1.54. The number of allylic oxidation sites excluding steroid dienone is 2. The molecule has 0 saturated carbocycles. The van der Waals surface area contributed by atoms with Crippen molar-refractivity contribution in [2.24, 2.45) is 16.6 Å². The molecular weight excluding hydrogens is 234 g/mol. The lowest BCUT2D eigenvalue weighted by atomic mass is 10.0. The Morgan fingerprint density at radius 1 is 1.53 bits per heavy atom. The van der Waals surface area contributed by atoms with Gasteiger partial charge in [0.25, 0.3) is 0 Å². The van der Waals surface area contributed by atoms with Gasteiger partial charge in [0.05, 0.1) is 0 Å².